The molecule has 0 N–H and O–H groups in total. The molecule has 0 aliphatic carbocycles. The Kier molecular flexibility index (Phi) is 5.01. The van der Waals surface area contributed by atoms with Crippen molar-refractivity contribution in [3.63, 3.8) is 0 Å². The molecule has 0 unspecified atom stereocenters. The molecule has 0 atom stereocenters. The molecule has 3 aromatic rings. The van der Waals surface area contributed by atoms with Gasteiger partial charge in [0.1, 0.15) is 28.4 Å². The van der Waals surface area contributed by atoms with E-state index >= 15 is 0 Å². The SMILES string of the molecule is Cc1ccc2c(c1)N(C(=O)CSc1ncnc3nc(N4CCCC4)sc13)CCO2. The second kappa shape index (κ2) is 7.79. The number of carbonyl (C=O) groups is 1. The van der Waals surface area contributed by atoms with Crippen LogP contribution in [-0.4, -0.2) is 52.9 Å². The number of fused-ring (bicyclic) bond motifs is 2. The molecule has 7 nitrogen and oxygen atoms in total. The number of hydrogen-bond acceptors (Lipinski definition) is 8. The van der Waals surface area contributed by atoms with Crippen LogP contribution in [0.4, 0.5) is 10.8 Å². The number of aromatic nitrogens is 3. The zero-order valence-electron chi connectivity index (χ0n) is 16.1. The zero-order chi connectivity index (χ0) is 19.8. The summed E-state index contributed by atoms with van der Waals surface area (Å²) in [4.78, 5) is 30.5. The molecule has 1 amide bonds. The highest BCUT2D eigenvalue weighted by Crippen LogP contribution is 2.36. The van der Waals surface area contributed by atoms with Gasteiger partial charge in [0.25, 0.3) is 0 Å². The number of nitrogens with zero attached hydrogens (tertiary/aromatic N) is 5. The number of hydrogen-bond donors (Lipinski definition) is 0. The van der Waals surface area contributed by atoms with Gasteiger partial charge >= 0.3 is 0 Å². The van der Waals surface area contributed by atoms with Crippen molar-refractivity contribution in [3.05, 3.63) is 30.1 Å². The number of aryl methyl sites for hydroxylation is 1. The Bertz CT molecular complexity index is 1060. The molecule has 0 bridgehead atoms. The fourth-order valence-corrected chi connectivity index (χ4v) is 5.68. The molecule has 150 valence electrons. The van der Waals surface area contributed by atoms with Crippen LogP contribution in [0.15, 0.2) is 29.6 Å². The van der Waals surface area contributed by atoms with Crippen molar-refractivity contribution in [2.24, 2.45) is 0 Å². The molecule has 1 fully saturated rings. The lowest BCUT2D eigenvalue weighted by Gasteiger charge is -2.29. The Labute approximate surface area is 177 Å². The quantitative estimate of drug-likeness (QED) is 0.466. The predicted molar refractivity (Wildman–Crippen MR) is 116 cm³/mol. The first-order valence-corrected chi connectivity index (χ1v) is 11.5. The van der Waals surface area contributed by atoms with Crippen molar-refractivity contribution in [1.82, 2.24) is 15.0 Å². The fraction of sp³-hybridized carbons (Fsp3) is 0.400. The normalized spacial score (nSPS) is 16.2. The van der Waals surface area contributed by atoms with Gasteiger partial charge in [-0.3, -0.25) is 4.79 Å². The Hall–Kier alpha value is -2.39. The summed E-state index contributed by atoms with van der Waals surface area (Å²) >= 11 is 3.08. The molecule has 1 aromatic carbocycles. The number of amides is 1. The number of thioether (sulfide) groups is 1. The van der Waals surface area contributed by atoms with E-state index in [1.165, 1.54) is 30.9 Å². The average molecular weight is 428 g/mol. The van der Waals surface area contributed by atoms with Crippen LogP contribution in [0.5, 0.6) is 5.75 Å². The zero-order valence-corrected chi connectivity index (χ0v) is 17.8. The van der Waals surface area contributed by atoms with Crippen LogP contribution in [-0.2, 0) is 4.79 Å². The molecule has 0 saturated carbocycles. The number of ether oxygens (including phenoxy) is 1. The van der Waals surface area contributed by atoms with E-state index in [4.69, 9.17) is 4.74 Å². The first-order chi connectivity index (χ1) is 14.2. The lowest BCUT2D eigenvalue weighted by molar-refractivity contribution is -0.116. The van der Waals surface area contributed by atoms with Gasteiger partial charge in [-0.1, -0.05) is 29.2 Å². The maximum absolute atomic E-state index is 13.0. The highest BCUT2D eigenvalue weighted by atomic mass is 32.2. The van der Waals surface area contributed by atoms with Gasteiger partial charge in [0.2, 0.25) is 5.91 Å². The van der Waals surface area contributed by atoms with Crippen molar-refractivity contribution in [2.75, 3.05) is 41.8 Å². The third-order valence-electron chi connectivity index (χ3n) is 5.13. The maximum Gasteiger partial charge on any atom is 0.237 e. The Morgan fingerprint density at radius 1 is 1.24 bits per heavy atom. The lowest BCUT2D eigenvalue weighted by atomic mass is 10.1. The summed E-state index contributed by atoms with van der Waals surface area (Å²) in [5, 5.41) is 1.83. The predicted octanol–water partition coefficient (Wildman–Crippen LogP) is 3.51. The van der Waals surface area contributed by atoms with E-state index < -0.39 is 0 Å². The number of thiazole rings is 1. The van der Waals surface area contributed by atoms with Crippen LogP contribution in [0.25, 0.3) is 10.3 Å². The Morgan fingerprint density at radius 3 is 2.97 bits per heavy atom. The molecule has 2 aromatic heterocycles. The van der Waals surface area contributed by atoms with Crippen molar-refractivity contribution in [1.29, 1.82) is 0 Å². The van der Waals surface area contributed by atoms with E-state index in [2.05, 4.69) is 19.9 Å². The van der Waals surface area contributed by atoms with Gasteiger partial charge < -0.3 is 14.5 Å². The number of carbonyl (C=O) groups excluding carboxylic acids is 1. The van der Waals surface area contributed by atoms with E-state index in [1.54, 1.807) is 11.3 Å². The highest BCUT2D eigenvalue weighted by Gasteiger charge is 2.25. The van der Waals surface area contributed by atoms with Crippen molar-refractivity contribution >= 4 is 50.2 Å². The van der Waals surface area contributed by atoms with Crippen molar-refractivity contribution in [2.45, 2.75) is 24.8 Å². The maximum atomic E-state index is 13.0. The molecule has 0 spiro atoms. The van der Waals surface area contributed by atoms with E-state index in [0.29, 0.717) is 24.6 Å². The standard InChI is InChI=1S/C20H21N5O2S2/c1-13-4-5-15-14(10-13)25(8-9-27-15)16(26)11-28-19-17-18(21-12-22-19)23-20(29-17)24-6-2-3-7-24/h4-5,10,12H,2-3,6-9,11H2,1H3. The van der Waals surface area contributed by atoms with Gasteiger partial charge in [-0.25, -0.2) is 9.97 Å². The molecular formula is C20H21N5O2S2. The van der Waals surface area contributed by atoms with Crippen LogP contribution in [0, 0.1) is 6.92 Å². The van der Waals surface area contributed by atoms with Crippen molar-refractivity contribution < 1.29 is 9.53 Å². The second-order valence-corrected chi connectivity index (χ2v) is 9.12. The average Bonchev–Trinajstić information content (AvgIpc) is 3.41. The number of anilines is 2. The van der Waals surface area contributed by atoms with E-state index in [9.17, 15) is 4.79 Å². The van der Waals surface area contributed by atoms with Crippen LogP contribution < -0.4 is 14.5 Å². The van der Waals surface area contributed by atoms with E-state index in [1.807, 2.05) is 30.0 Å². The van der Waals surface area contributed by atoms with Crippen LogP contribution >= 0.6 is 23.1 Å². The molecule has 5 rings (SSSR count). The number of rotatable bonds is 4. The third-order valence-corrected chi connectivity index (χ3v) is 7.35. The fourth-order valence-electron chi connectivity index (χ4n) is 3.66. The van der Waals surface area contributed by atoms with Crippen LogP contribution in [0.2, 0.25) is 0 Å². The van der Waals surface area contributed by atoms with Gasteiger partial charge in [-0.15, -0.1) is 0 Å². The summed E-state index contributed by atoms with van der Waals surface area (Å²) in [6.07, 6.45) is 3.95. The topological polar surface area (TPSA) is 71.5 Å². The number of benzene rings is 1. The summed E-state index contributed by atoms with van der Waals surface area (Å²) in [6.45, 7) is 5.19. The van der Waals surface area contributed by atoms with Gasteiger partial charge in [0, 0.05) is 13.1 Å². The molecule has 9 heteroatoms. The lowest BCUT2D eigenvalue weighted by Crippen LogP contribution is -2.39. The molecule has 2 aliphatic heterocycles. The summed E-state index contributed by atoms with van der Waals surface area (Å²) in [5.74, 6) is 1.14. The van der Waals surface area contributed by atoms with E-state index in [-0.39, 0.29) is 5.91 Å². The molecule has 4 heterocycles. The Balaban J connectivity index is 1.35. The molecular weight excluding hydrogens is 406 g/mol. The summed E-state index contributed by atoms with van der Waals surface area (Å²) in [7, 11) is 0. The summed E-state index contributed by atoms with van der Waals surface area (Å²) < 4.78 is 6.66. The van der Waals surface area contributed by atoms with Gasteiger partial charge in [0.05, 0.1) is 18.0 Å². The molecule has 2 aliphatic rings. The van der Waals surface area contributed by atoms with Crippen LogP contribution in [0.3, 0.4) is 0 Å². The third kappa shape index (κ3) is 3.64. The second-order valence-electron chi connectivity index (χ2n) is 7.18. The molecule has 0 radical (unpaired) electrons. The minimum Gasteiger partial charge on any atom is -0.490 e. The monoisotopic (exact) mass is 427 g/mol. The first-order valence-electron chi connectivity index (χ1n) is 9.72. The van der Waals surface area contributed by atoms with Crippen LogP contribution in [0.1, 0.15) is 18.4 Å². The Morgan fingerprint density at radius 2 is 2.10 bits per heavy atom. The van der Waals surface area contributed by atoms with Gasteiger partial charge in [-0.2, -0.15) is 4.98 Å². The van der Waals surface area contributed by atoms with Gasteiger partial charge in [0.15, 0.2) is 10.8 Å². The first kappa shape index (κ1) is 18.6. The smallest absolute Gasteiger partial charge is 0.237 e. The summed E-state index contributed by atoms with van der Waals surface area (Å²) in [5.41, 5.74) is 2.68. The van der Waals surface area contributed by atoms with Crippen molar-refractivity contribution in [3.8, 4) is 5.75 Å². The highest BCUT2D eigenvalue weighted by molar-refractivity contribution is 8.00. The largest absolute Gasteiger partial charge is 0.490 e. The summed E-state index contributed by atoms with van der Waals surface area (Å²) in [6, 6.07) is 5.94. The molecule has 29 heavy (non-hydrogen) atoms. The molecule has 1 saturated heterocycles. The minimum absolute atomic E-state index is 0.0567. The van der Waals surface area contributed by atoms with E-state index in [0.717, 1.165) is 44.9 Å². The van der Waals surface area contributed by atoms with Gasteiger partial charge in [-0.05, 0) is 37.5 Å². The minimum atomic E-state index is 0.0567.